The molecule has 0 aliphatic carbocycles. The lowest BCUT2D eigenvalue weighted by molar-refractivity contribution is -0.126. The average molecular weight is 315 g/mol. The second-order valence-corrected chi connectivity index (χ2v) is 6.04. The lowest BCUT2D eigenvalue weighted by atomic mass is 9.89. The van der Waals surface area contributed by atoms with Crippen LogP contribution in [0.15, 0.2) is 22.7 Å². The molecular formula is C13H16BrFN2O. The van der Waals surface area contributed by atoms with Gasteiger partial charge in [-0.25, -0.2) is 4.39 Å². The third-order valence-corrected chi connectivity index (χ3v) is 4.05. The fourth-order valence-electron chi connectivity index (χ4n) is 2.28. The van der Waals surface area contributed by atoms with Crippen molar-refractivity contribution in [2.45, 2.75) is 19.9 Å². The zero-order valence-electron chi connectivity index (χ0n) is 10.2. The molecular weight excluding hydrogens is 299 g/mol. The Morgan fingerprint density at radius 1 is 1.61 bits per heavy atom. The molecule has 1 amide bonds. The van der Waals surface area contributed by atoms with Crippen molar-refractivity contribution in [3.8, 4) is 0 Å². The highest BCUT2D eigenvalue weighted by molar-refractivity contribution is 9.10. The van der Waals surface area contributed by atoms with Gasteiger partial charge < -0.3 is 5.73 Å². The van der Waals surface area contributed by atoms with Gasteiger partial charge in [-0.3, -0.25) is 9.69 Å². The first-order valence-corrected chi connectivity index (χ1v) is 6.66. The zero-order chi connectivity index (χ0) is 13.3. The summed E-state index contributed by atoms with van der Waals surface area (Å²) >= 11 is 3.23. The third-order valence-electron chi connectivity index (χ3n) is 3.56. The number of nitrogens with zero attached hydrogens (tertiary/aromatic N) is 1. The molecule has 1 fully saturated rings. The van der Waals surface area contributed by atoms with Gasteiger partial charge in [-0.2, -0.15) is 0 Å². The van der Waals surface area contributed by atoms with Crippen LogP contribution < -0.4 is 5.73 Å². The van der Waals surface area contributed by atoms with E-state index in [0.717, 1.165) is 17.4 Å². The molecule has 1 unspecified atom stereocenters. The number of likely N-dealkylation sites (tertiary alicyclic amines) is 1. The number of primary amides is 1. The summed E-state index contributed by atoms with van der Waals surface area (Å²) in [4.78, 5) is 13.4. The van der Waals surface area contributed by atoms with Crippen LogP contribution in [0.3, 0.4) is 0 Å². The molecule has 2 N–H and O–H groups in total. The molecule has 5 heteroatoms. The van der Waals surface area contributed by atoms with E-state index in [2.05, 4.69) is 20.8 Å². The fourth-order valence-corrected chi connectivity index (χ4v) is 2.62. The number of carbonyl (C=O) groups is 1. The van der Waals surface area contributed by atoms with Gasteiger partial charge in [0.15, 0.2) is 0 Å². The standard InChI is InChI=1S/C13H16BrFN2O/c1-13(12(16)18)4-5-17(8-13)7-9-2-3-10(14)6-11(9)15/h2-3,6H,4-5,7-8H2,1H3,(H2,16,18). The van der Waals surface area contributed by atoms with Crippen LogP contribution in [0.1, 0.15) is 18.9 Å². The molecule has 3 nitrogen and oxygen atoms in total. The highest BCUT2D eigenvalue weighted by Crippen LogP contribution is 2.30. The Labute approximate surface area is 114 Å². The molecule has 1 heterocycles. The molecule has 1 atom stereocenters. The van der Waals surface area contributed by atoms with E-state index < -0.39 is 5.41 Å². The molecule has 0 aromatic heterocycles. The topological polar surface area (TPSA) is 46.3 Å². The Bertz CT molecular complexity index is 480. The first-order chi connectivity index (χ1) is 8.40. The van der Waals surface area contributed by atoms with E-state index in [1.165, 1.54) is 6.07 Å². The van der Waals surface area contributed by atoms with Crippen molar-refractivity contribution in [2.24, 2.45) is 11.1 Å². The van der Waals surface area contributed by atoms with E-state index >= 15 is 0 Å². The van der Waals surface area contributed by atoms with Crippen LogP contribution in [-0.2, 0) is 11.3 Å². The maximum Gasteiger partial charge on any atom is 0.224 e. The van der Waals surface area contributed by atoms with Crippen molar-refractivity contribution in [2.75, 3.05) is 13.1 Å². The largest absolute Gasteiger partial charge is 0.369 e. The predicted molar refractivity (Wildman–Crippen MR) is 71.3 cm³/mol. The van der Waals surface area contributed by atoms with Crippen LogP contribution in [0.4, 0.5) is 4.39 Å². The SMILES string of the molecule is CC1(C(N)=O)CCN(Cc2ccc(Br)cc2F)C1. The van der Waals surface area contributed by atoms with Crippen molar-refractivity contribution in [3.63, 3.8) is 0 Å². The number of carbonyl (C=O) groups excluding carboxylic acids is 1. The molecule has 98 valence electrons. The van der Waals surface area contributed by atoms with Crippen molar-refractivity contribution in [1.29, 1.82) is 0 Å². The van der Waals surface area contributed by atoms with Gasteiger partial charge in [-0.15, -0.1) is 0 Å². The summed E-state index contributed by atoms with van der Waals surface area (Å²) in [5.41, 5.74) is 5.56. The van der Waals surface area contributed by atoms with E-state index in [9.17, 15) is 9.18 Å². The first kappa shape index (κ1) is 13.5. The molecule has 1 aliphatic rings. The van der Waals surface area contributed by atoms with E-state index in [1.54, 1.807) is 6.07 Å². The summed E-state index contributed by atoms with van der Waals surface area (Å²) in [7, 11) is 0. The lowest BCUT2D eigenvalue weighted by Gasteiger charge is -2.21. The smallest absolute Gasteiger partial charge is 0.224 e. The maximum absolute atomic E-state index is 13.7. The van der Waals surface area contributed by atoms with Gasteiger partial charge in [0.05, 0.1) is 5.41 Å². The van der Waals surface area contributed by atoms with Crippen molar-refractivity contribution in [3.05, 3.63) is 34.1 Å². The Balaban J connectivity index is 2.06. The van der Waals surface area contributed by atoms with Gasteiger partial charge in [0, 0.05) is 23.1 Å². The fraction of sp³-hybridized carbons (Fsp3) is 0.462. The Morgan fingerprint density at radius 2 is 2.33 bits per heavy atom. The van der Waals surface area contributed by atoms with Crippen molar-refractivity contribution in [1.82, 2.24) is 4.90 Å². The van der Waals surface area contributed by atoms with Gasteiger partial charge >= 0.3 is 0 Å². The summed E-state index contributed by atoms with van der Waals surface area (Å²) in [5, 5.41) is 0. The molecule has 1 aromatic rings. The molecule has 0 radical (unpaired) electrons. The van der Waals surface area contributed by atoms with Crippen LogP contribution in [0, 0.1) is 11.2 Å². The van der Waals surface area contributed by atoms with E-state index in [1.807, 2.05) is 13.0 Å². The van der Waals surface area contributed by atoms with Gasteiger partial charge in [0.1, 0.15) is 5.82 Å². The molecule has 2 rings (SSSR count). The summed E-state index contributed by atoms with van der Waals surface area (Å²) in [6.07, 6.45) is 0.737. The van der Waals surface area contributed by atoms with Crippen molar-refractivity contribution < 1.29 is 9.18 Å². The summed E-state index contributed by atoms with van der Waals surface area (Å²) in [6, 6.07) is 5.04. The number of hydrogen-bond donors (Lipinski definition) is 1. The Hall–Kier alpha value is -0.940. The molecule has 1 aromatic carbocycles. The first-order valence-electron chi connectivity index (χ1n) is 5.87. The van der Waals surface area contributed by atoms with Crippen LogP contribution >= 0.6 is 15.9 Å². The third kappa shape index (κ3) is 2.72. The summed E-state index contributed by atoms with van der Waals surface area (Å²) < 4.78 is 14.4. The molecule has 18 heavy (non-hydrogen) atoms. The highest BCUT2D eigenvalue weighted by Gasteiger charge is 2.38. The minimum absolute atomic E-state index is 0.225. The van der Waals surface area contributed by atoms with Gasteiger partial charge in [0.25, 0.3) is 0 Å². The van der Waals surface area contributed by atoms with Crippen LogP contribution in [-0.4, -0.2) is 23.9 Å². The maximum atomic E-state index is 13.7. The number of benzene rings is 1. The highest BCUT2D eigenvalue weighted by atomic mass is 79.9. The Morgan fingerprint density at radius 3 is 2.89 bits per heavy atom. The van der Waals surface area contributed by atoms with Crippen LogP contribution in [0.25, 0.3) is 0 Å². The summed E-state index contributed by atoms with van der Waals surface area (Å²) in [6.45, 7) is 3.75. The van der Waals surface area contributed by atoms with Gasteiger partial charge in [-0.1, -0.05) is 22.0 Å². The number of nitrogens with two attached hydrogens (primary N) is 1. The van der Waals surface area contributed by atoms with E-state index in [-0.39, 0.29) is 11.7 Å². The minimum atomic E-state index is -0.480. The molecule has 1 saturated heterocycles. The Kier molecular flexibility index (Phi) is 3.73. The number of hydrogen-bond acceptors (Lipinski definition) is 2. The van der Waals surface area contributed by atoms with Gasteiger partial charge in [0.2, 0.25) is 5.91 Å². The van der Waals surface area contributed by atoms with Crippen LogP contribution in [0.5, 0.6) is 0 Å². The second-order valence-electron chi connectivity index (χ2n) is 5.12. The number of amides is 1. The van der Waals surface area contributed by atoms with Crippen molar-refractivity contribution >= 4 is 21.8 Å². The summed E-state index contributed by atoms with van der Waals surface area (Å²) in [5.74, 6) is -0.502. The predicted octanol–water partition coefficient (Wildman–Crippen LogP) is 2.29. The molecule has 0 bridgehead atoms. The zero-order valence-corrected chi connectivity index (χ0v) is 11.8. The minimum Gasteiger partial charge on any atom is -0.369 e. The van der Waals surface area contributed by atoms with E-state index in [0.29, 0.717) is 18.7 Å². The van der Waals surface area contributed by atoms with Crippen LogP contribution in [0.2, 0.25) is 0 Å². The lowest BCUT2D eigenvalue weighted by Crippen LogP contribution is -2.37. The van der Waals surface area contributed by atoms with Gasteiger partial charge in [-0.05, 0) is 32.0 Å². The van der Waals surface area contributed by atoms with E-state index in [4.69, 9.17) is 5.73 Å². The molecule has 1 aliphatic heterocycles. The number of halogens is 2. The average Bonchev–Trinajstić information content (AvgIpc) is 2.66. The number of rotatable bonds is 3. The second kappa shape index (κ2) is 4.97. The monoisotopic (exact) mass is 314 g/mol. The molecule has 0 saturated carbocycles. The molecule has 0 spiro atoms. The quantitative estimate of drug-likeness (QED) is 0.930. The normalized spacial score (nSPS) is 24.4.